The Kier molecular flexibility index (Phi) is 5.90. The van der Waals surface area contributed by atoms with Crippen LogP contribution in [0.2, 0.25) is 0 Å². The van der Waals surface area contributed by atoms with Gasteiger partial charge >= 0.3 is 0 Å². The molecule has 2 aliphatic carbocycles. The van der Waals surface area contributed by atoms with Gasteiger partial charge in [0.05, 0.1) is 13.7 Å². The van der Waals surface area contributed by atoms with Gasteiger partial charge in [-0.15, -0.1) is 0 Å². The third kappa shape index (κ3) is 4.17. The van der Waals surface area contributed by atoms with E-state index in [2.05, 4.69) is 35.3 Å². The van der Waals surface area contributed by atoms with Crippen molar-refractivity contribution in [1.29, 1.82) is 0 Å². The largest absolute Gasteiger partial charge is 0.497 e. The van der Waals surface area contributed by atoms with Crippen LogP contribution in [0.3, 0.4) is 0 Å². The fraction of sp³-hybridized carbons (Fsp3) is 0.708. The minimum absolute atomic E-state index is 0.114. The Balaban J connectivity index is 1.58. The van der Waals surface area contributed by atoms with Crippen LogP contribution in [0.5, 0.6) is 5.75 Å². The van der Waals surface area contributed by atoms with Crippen molar-refractivity contribution in [3.05, 3.63) is 29.3 Å². The number of hydrogen-bond acceptors (Lipinski definition) is 4. The highest BCUT2D eigenvalue weighted by Gasteiger charge is 2.51. The first-order valence-electron chi connectivity index (χ1n) is 11.3. The second-order valence-corrected chi connectivity index (χ2v) is 9.77. The zero-order valence-electron chi connectivity index (χ0n) is 18.5. The summed E-state index contributed by atoms with van der Waals surface area (Å²) in [6, 6.07) is 7.29. The molecular weight excluding hydrogens is 362 g/mol. The van der Waals surface area contributed by atoms with Crippen LogP contribution in [0, 0.1) is 11.8 Å². The summed E-state index contributed by atoms with van der Waals surface area (Å²) in [7, 11) is 5.62. The van der Waals surface area contributed by atoms with Crippen molar-refractivity contribution in [2.75, 3.05) is 47.4 Å². The van der Waals surface area contributed by atoms with E-state index in [0.717, 1.165) is 31.1 Å². The van der Waals surface area contributed by atoms with E-state index in [1.54, 1.807) is 7.11 Å². The van der Waals surface area contributed by atoms with Crippen LogP contribution in [0.15, 0.2) is 18.2 Å². The maximum absolute atomic E-state index is 12.2. The van der Waals surface area contributed by atoms with E-state index in [1.807, 2.05) is 19.0 Å². The molecule has 1 aromatic rings. The average Bonchev–Trinajstić information content (AvgIpc) is 3.49. The molecule has 160 valence electrons. The number of methoxy groups -OCH3 is 1. The first-order chi connectivity index (χ1) is 13.9. The normalized spacial score (nSPS) is 28.9. The van der Waals surface area contributed by atoms with Gasteiger partial charge in [0, 0.05) is 24.5 Å². The van der Waals surface area contributed by atoms with Crippen molar-refractivity contribution in [3.63, 3.8) is 0 Å². The summed E-state index contributed by atoms with van der Waals surface area (Å²) in [6.07, 6.45) is 6.13. The lowest BCUT2D eigenvalue weighted by molar-refractivity contribution is -0.121. The number of benzene rings is 1. The molecule has 2 bridgehead atoms. The molecule has 1 saturated carbocycles. The maximum atomic E-state index is 12.2. The van der Waals surface area contributed by atoms with E-state index in [1.165, 1.54) is 43.5 Å². The number of carbonyl (C=O) groups excluding carboxylic acids is 1. The van der Waals surface area contributed by atoms with Crippen LogP contribution in [-0.4, -0.2) is 69.1 Å². The number of carbonyl (C=O) groups is 1. The van der Waals surface area contributed by atoms with Crippen LogP contribution in [0.4, 0.5) is 0 Å². The molecule has 5 heteroatoms. The number of ether oxygens (including phenoxy) is 1. The third-order valence-electron chi connectivity index (χ3n) is 7.59. The second-order valence-electron chi connectivity index (χ2n) is 9.77. The number of nitrogens with zero attached hydrogens (tertiary/aromatic N) is 2. The lowest BCUT2D eigenvalue weighted by Gasteiger charge is -2.56. The quantitative estimate of drug-likeness (QED) is 0.730. The average molecular weight is 400 g/mol. The Morgan fingerprint density at radius 2 is 2.14 bits per heavy atom. The SMILES string of the molecule is COc1ccc2c(c1)[C@]1(CCNC(=O)CN(C)C)CCN(CC3CC3)[C@H](C2)[C@@H]1C. The molecule has 1 N–H and O–H groups in total. The predicted molar refractivity (Wildman–Crippen MR) is 116 cm³/mol. The first kappa shape index (κ1) is 20.7. The van der Waals surface area contributed by atoms with E-state index in [-0.39, 0.29) is 11.3 Å². The summed E-state index contributed by atoms with van der Waals surface area (Å²) in [6.45, 7) is 6.09. The van der Waals surface area contributed by atoms with Crippen molar-refractivity contribution >= 4 is 5.91 Å². The van der Waals surface area contributed by atoms with Crippen molar-refractivity contribution in [1.82, 2.24) is 15.1 Å². The zero-order chi connectivity index (χ0) is 20.6. The van der Waals surface area contributed by atoms with Crippen molar-refractivity contribution in [2.45, 2.75) is 50.5 Å². The number of nitrogens with one attached hydrogen (secondary N) is 1. The summed E-state index contributed by atoms with van der Waals surface area (Å²) in [5.41, 5.74) is 3.07. The molecule has 2 fully saturated rings. The van der Waals surface area contributed by atoms with E-state index < -0.39 is 0 Å². The highest BCUT2D eigenvalue weighted by Crippen LogP contribution is 2.52. The number of piperidine rings is 1. The van der Waals surface area contributed by atoms with E-state index in [4.69, 9.17) is 4.74 Å². The van der Waals surface area contributed by atoms with Gasteiger partial charge < -0.3 is 15.0 Å². The Morgan fingerprint density at radius 1 is 1.34 bits per heavy atom. The van der Waals surface area contributed by atoms with Gasteiger partial charge in [0.15, 0.2) is 0 Å². The van der Waals surface area contributed by atoms with Crippen molar-refractivity contribution < 1.29 is 9.53 Å². The van der Waals surface area contributed by atoms with Crippen LogP contribution in [-0.2, 0) is 16.6 Å². The monoisotopic (exact) mass is 399 g/mol. The highest BCUT2D eigenvalue weighted by atomic mass is 16.5. The number of fused-ring (bicyclic) bond motifs is 4. The molecule has 1 saturated heterocycles. The van der Waals surface area contributed by atoms with Gasteiger partial charge in [0.25, 0.3) is 0 Å². The fourth-order valence-electron chi connectivity index (χ4n) is 5.77. The van der Waals surface area contributed by atoms with Crippen LogP contribution >= 0.6 is 0 Å². The first-order valence-corrected chi connectivity index (χ1v) is 11.3. The Hall–Kier alpha value is -1.59. The lowest BCUT2D eigenvalue weighted by Crippen LogP contribution is -2.60. The smallest absolute Gasteiger partial charge is 0.234 e. The summed E-state index contributed by atoms with van der Waals surface area (Å²) >= 11 is 0. The Morgan fingerprint density at radius 3 is 2.83 bits per heavy atom. The molecule has 3 aliphatic rings. The number of likely N-dealkylation sites (tertiary alicyclic amines) is 1. The molecule has 5 nitrogen and oxygen atoms in total. The summed E-state index contributed by atoms with van der Waals surface area (Å²) in [5.74, 6) is 2.58. The van der Waals surface area contributed by atoms with E-state index in [0.29, 0.717) is 18.5 Å². The summed E-state index contributed by atoms with van der Waals surface area (Å²) in [5, 5.41) is 3.17. The van der Waals surface area contributed by atoms with E-state index in [9.17, 15) is 4.79 Å². The summed E-state index contributed by atoms with van der Waals surface area (Å²) < 4.78 is 5.58. The topological polar surface area (TPSA) is 44.8 Å². The minimum atomic E-state index is 0.114. The van der Waals surface area contributed by atoms with Gasteiger partial charge in [0.1, 0.15) is 5.75 Å². The third-order valence-corrected chi connectivity index (χ3v) is 7.59. The Labute approximate surface area is 175 Å². The predicted octanol–water partition coefficient (Wildman–Crippen LogP) is 2.68. The van der Waals surface area contributed by atoms with Crippen LogP contribution in [0.25, 0.3) is 0 Å². The van der Waals surface area contributed by atoms with Gasteiger partial charge in [-0.25, -0.2) is 0 Å². The molecule has 29 heavy (non-hydrogen) atoms. The molecule has 1 amide bonds. The van der Waals surface area contributed by atoms with Crippen molar-refractivity contribution in [3.8, 4) is 5.75 Å². The van der Waals surface area contributed by atoms with Gasteiger partial charge in [0.2, 0.25) is 5.91 Å². The Bertz CT molecular complexity index is 746. The van der Waals surface area contributed by atoms with Gasteiger partial charge in [-0.1, -0.05) is 13.0 Å². The number of hydrogen-bond donors (Lipinski definition) is 1. The molecule has 1 heterocycles. The molecule has 3 atom stereocenters. The molecule has 1 aromatic carbocycles. The van der Waals surface area contributed by atoms with Crippen molar-refractivity contribution in [2.24, 2.45) is 11.8 Å². The maximum Gasteiger partial charge on any atom is 0.234 e. The van der Waals surface area contributed by atoms with Crippen LogP contribution < -0.4 is 10.1 Å². The van der Waals surface area contributed by atoms with Gasteiger partial charge in [-0.05, 0) is 87.8 Å². The fourth-order valence-corrected chi connectivity index (χ4v) is 5.77. The molecule has 0 spiro atoms. The molecule has 1 aliphatic heterocycles. The van der Waals surface area contributed by atoms with Gasteiger partial charge in [-0.3, -0.25) is 9.69 Å². The lowest BCUT2D eigenvalue weighted by atomic mass is 9.56. The second kappa shape index (κ2) is 8.27. The molecule has 4 rings (SSSR count). The number of likely N-dealkylation sites (N-methyl/N-ethyl adjacent to an activating group) is 1. The number of amides is 1. The molecule has 0 aromatic heterocycles. The molecule has 0 unspecified atom stereocenters. The zero-order valence-corrected chi connectivity index (χ0v) is 18.5. The summed E-state index contributed by atoms with van der Waals surface area (Å²) in [4.78, 5) is 16.9. The highest BCUT2D eigenvalue weighted by molar-refractivity contribution is 5.77. The molecular formula is C24H37N3O2. The van der Waals surface area contributed by atoms with E-state index >= 15 is 0 Å². The number of rotatable bonds is 8. The minimum Gasteiger partial charge on any atom is -0.497 e. The standard InChI is InChI=1S/C24H37N3O2/c1-17-22-13-19-7-8-20(29-4)14-21(19)24(17,9-11-25-23(28)16-26(2)3)10-12-27(22)15-18-5-6-18/h7-8,14,17-18,22H,5-6,9-13,15-16H2,1-4H3,(H,25,28)/t17-,22+,24+/m0/s1. The molecule has 0 radical (unpaired) electrons. The van der Waals surface area contributed by atoms with Gasteiger partial charge in [-0.2, -0.15) is 0 Å². The van der Waals surface area contributed by atoms with Crippen LogP contribution in [0.1, 0.15) is 43.7 Å².